The quantitative estimate of drug-likeness (QED) is 0.780. The molecule has 23 heavy (non-hydrogen) atoms. The fraction of sp³-hybridized carbons (Fsp3) is 0.188. The van der Waals surface area contributed by atoms with E-state index in [4.69, 9.17) is 11.6 Å². The first-order valence-electron chi connectivity index (χ1n) is 7.25. The van der Waals surface area contributed by atoms with Gasteiger partial charge in [-0.15, -0.1) is 0 Å². The Labute approximate surface area is 137 Å². The maximum absolute atomic E-state index is 14.4. The van der Waals surface area contributed by atoms with Crippen molar-refractivity contribution in [3.8, 4) is 0 Å². The average Bonchev–Trinajstić information content (AvgIpc) is 3.04. The highest BCUT2D eigenvalue weighted by atomic mass is 35.5. The van der Waals surface area contributed by atoms with E-state index >= 15 is 0 Å². The Kier molecular flexibility index (Phi) is 3.46. The third-order valence-electron chi connectivity index (χ3n) is 4.01. The molecule has 0 saturated heterocycles. The zero-order chi connectivity index (χ0) is 15.8. The molecule has 116 valence electrons. The van der Waals surface area contributed by atoms with Crippen molar-refractivity contribution in [3.05, 3.63) is 71.0 Å². The van der Waals surface area contributed by atoms with Gasteiger partial charge in [0.2, 0.25) is 5.95 Å². The van der Waals surface area contributed by atoms with E-state index in [2.05, 4.69) is 20.4 Å². The summed E-state index contributed by atoms with van der Waals surface area (Å²) in [6.07, 6.45) is 3.76. The van der Waals surface area contributed by atoms with Gasteiger partial charge < -0.3 is 5.32 Å². The van der Waals surface area contributed by atoms with Gasteiger partial charge in [-0.1, -0.05) is 23.7 Å². The molecule has 7 heteroatoms. The molecule has 1 N–H and O–H groups in total. The van der Waals surface area contributed by atoms with Crippen molar-refractivity contribution in [1.82, 2.24) is 19.7 Å². The van der Waals surface area contributed by atoms with Crippen LogP contribution in [0.3, 0.4) is 0 Å². The smallest absolute Gasteiger partial charge is 0.222 e. The lowest BCUT2D eigenvalue weighted by atomic mass is 9.95. The van der Waals surface area contributed by atoms with Crippen molar-refractivity contribution in [2.24, 2.45) is 0 Å². The molecule has 5 nitrogen and oxygen atoms in total. The van der Waals surface area contributed by atoms with E-state index in [9.17, 15) is 4.39 Å². The van der Waals surface area contributed by atoms with Crippen LogP contribution < -0.4 is 5.32 Å². The lowest BCUT2D eigenvalue weighted by Crippen LogP contribution is -2.29. The molecule has 1 aliphatic rings. The Hall–Kier alpha value is -2.47. The van der Waals surface area contributed by atoms with Crippen LogP contribution in [0.2, 0.25) is 5.02 Å². The molecule has 2 atom stereocenters. The maximum Gasteiger partial charge on any atom is 0.222 e. The molecule has 0 amide bonds. The largest absolute Gasteiger partial charge is 0.346 e. The molecular formula is C16H13ClFN5. The molecule has 2 aromatic heterocycles. The van der Waals surface area contributed by atoms with Gasteiger partial charge in [0, 0.05) is 23.2 Å². The molecule has 3 aromatic rings. The van der Waals surface area contributed by atoms with Gasteiger partial charge in [-0.3, -0.25) is 4.98 Å². The van der Waals surface area contributed by atoms with Crippen molar-refractivity contribution >= 4 is 17.5 Å². The number of pyridine rings is 1. The van der Waals surface area contributed by atoms with E-state index in [0.29, 0.717) is 23.0 Å². The molecule has 0 aliphatic carbocycles. The van der Waals surface area contributed by atoms with Crippen LogP contribution in [0.1, 0.15) is 29.8 Å². The van der Waals surface area contributed by atoms with Crippen LogP contribution in [0.5, 0.6) is 0 Å². The molecule has 1 aromatic carbocycles. The summed E-state index contributed by atoms with van der Waals surface area (Å²) >= 11 is 6.25. The first kappa shape index (κ1) is 14.1. The van der Waals surface area contributed by atoms with E-state index in [1.54, 1.807) is 23.0 Å². The topological polar surface area (TPSA) is 55.6 Å². The summed E-state index contributed by atoms with van der Waals surface area (Å²) < 4.78 is 16.1. The monoisotopic (exact) mass is 329 g/mol. The Balaban J connectivity index is 1.80. The van der Waals surface area contributed by atoms with Gasteiger partial charge in [0.1, 0.15) is 12.1 Å². The van der Waals surface area contributed by atoms with Gasteiger partial charge >= 0.3 is 0 Å². The summed E-state index contributed by atoms with van der Waals surface area (Å²) in [6.45, 7) is 0. The van der Waals surface area contributed by atoms with Crippen LogP contribution in [0.15, 0.2) is 48.9 Å². The van der Waals surface area contributed by atoms with E-state index in [-0.39, 0.29) is 17.9 Å². The molecule has 0 fully saturated rings. The van der Waals surface area contributed by atoms with Gasteiger partial charge in [-0.05, 0) is 24.3 Å². The van der Waals surface area contributed by atoms with E-state index < -0.39 is 0 Å². The number of aromatic nitrogens is 4. The SMILES string of the molecule is Fc1cccc(Cl)c1[C@H]1C[C@@H](c2ccccn2)Nc2ncnn21. The van der Waals surface area contributed by atoms with Crippen molar-refractivity contribution in [1.29, 1.82) is 0 Å². The minimum atomic E-state index is -0.342. The minimum Gasteiger partial charge on any atom is -0.346 e. The van der Waals surface area contributed by atoms with Gasteiger partial charge in [-0.25, -0.2) is 9.07 Å². The number of fused-ring (bicyclic) bond motifs is 1. The molecule has 0 radical (unpaired) electrons. The second-order valence-electron chi connectivity index (χ2n) is 5.37. The Bertz CT molecular complexity index is 815. The molecule has 0 saturated carbocycles. The molecule has 4 rings (SSSR count). The van der Waals surface area contributed by atoms with Crippen molar-refractivity contribution in [2.75, 3.05) is 5.32 Å². The highest BCUT2D eigenvalue weighted by Gasteiger charge is 2.33. The number of anilines is 1. The number of benzene rings is 1. The molecule has 0 bridgehead atoms. The normalized spacial score (nSPS) is 19.9. The molecule has 0 spiro atoms. The number of halogens is 2. The third kappa shape index (κ3) is 2.45. The number of nitrogens with one attached hydrogen (secondary N) is 1. The summed E-state index contributed by atoms with van der Waals surface area (Å²) in [7, 11) is 0. The highest BCUT2D eigenvalue weighted by Crippen LogP contribution is 2.39. The van der Waals surface area contributed by atoms with Gasteiger partial charge in [0.15, 0.2) is 0 Å². The van der Waals surface area contributed by atoms with Crippen LogP contribution >= 0.6 is 11.6 Å². The molecule has 0 unspecified atom stereocenters. The van der Waals surface area contributed by atoms with Crippen LogP contribution in [0, 0.1) is 5.82 Å². The zero-order valence-corrected chi connectivity index (χ0v) is 12.8. The fourth-order valence-electron chi connectivity index (χ4n) is 2.97. The Morgan fingerprint density at radius 1 is 1.17 bits per heavy atom. The first-order chi connectivity index (χ1) is 11.2. The lowest BCUT2D eigenvalue weighted by Gasteiger charge is -2.31. The van der Waals surface area contributed by atoms with Crippen molar-refractivity contribution < 1.29 is 4.39 Å². The van der Waals surface area contributed by atoms with Crippen LogP contribution in [0.25, 0.3) is 0 Å². The van der Waals surface area contributed by atoms with Crippen LogP contribution in [-0.4, -0.2) is 19.7 Å². The summed E-state index contributed by atoms with van der Waals surface area (Å²) in [5.41, 5.74) is 1.31. The van der Waals surface area contributed by atoms with Gasteiger partial charge in [-0.2, -0.15) is 10.1 Å². The lowest BCUT2D eigenvalue weighted by molar-refractivity contribution is 0.412. The number of hydrogen-bond donors (Lipinski definition) is 1. The first-order valence-corrected chi connectivity index (χ1v) is 7.62. The van der Waals surface area contributed by atoms with Crippen molar-refractivity contribution in [2.45, 2.75) is 18.5 Å². The third-order valence-corrected chi connectivity index (χ3v) is 4.34. The predicted octanol–water partition coefficient (Wildman–Crippen LogP) is 3.61. The summed E-state index contributed by atoms with van der Waals surface area (Å²) in [5, 5.41) is 7.90. The number of hydrogen-bond acceptors (Lipinski definition) is 4. The minimum absolute atomic E-state index is 0.0893. The van der Waals surface area contributed by atoms with E-state index in [1.807, 2.05) is 18.2 Å². The number of nitrogens with zero attached hydrogens (tertiary/aromatic N) is 4. The molecule has 3 heterocycles. The van der Waals surface area contributed by atoms with Crippen LogP contribution in [-0.2, 0) is 0 Å². The number of rotatable bonds is 2. The van der Waals surface area contributed by atoms with Crippen LogP contribution in [0.4, 0.5) is 10.3 Å². The Morgan fingerprint density at radius 2 is 2.09 bits per heavy atom. The van der Waals surface area contributed by atoms with Gasteiger partial charge in [0.05, 0.1) is 17.8 Å². The van der Waals surface area contributed by atoms with E-state index in [0.717, 1.165) is 5.69 Å². The maximum atomic E-state index is 14.4. The summed E-state index contributed by atoms with van der Waals surface area (Å²) in [4.78, 5) is 8.60. The fourth-order valence-corrected chi connectivity index (χ4v) is 3.25. The standard InChI is InChI=1S/C16H13ClFN5/c17-10-4-3-5-11(18)15(10)14-8-13(12-6-1-2-7-19-12)22-16-20-9-21-23(14)16/h1-7,9,13-14H,8H2,(H,20,21,22)/t13-,14+/m0/s1. The predicted molar refractivity (Wildman–Crippen MR) is 84.8 cm³/mol. The molecular weight excluding hydrogens is 317 g/mol. The highest BCUT2D eigenvalue weighted by molar-refractivity contribution is 6.31. The van der Waals surface area contributed by atoms with Gasteiger partial charge in [0.25, 0.3) is 0 Å². The second kappa shape index (κ2) is 5.62. The summed E-state index contributed by atoms with van der Waals surface area (Å²) in [6, 6.07) is 9.99. The molecule has 1 aliphatic heterocycles. The second-order valence-corrected chi connectivity index (χ2v) is 5.77. The summed E-state index contributed by atoms with van der Waals surface area (Å²) in [5.74, 6) is 0.238. The zero-order valence-electron chi connectivity index (χ0n) is 12.0. The Morgan fingerprint density at radius 3 is 2.87 bits per heavy atom. The van der Waals surface area contributed by atoms with Crippen molar-refractivity contribution in [3.63, 3.8) is 0 Å². The van der Waals surface area contributed by atoms with E-state index in [1.165, 1.54) is 12.4 Å². The average molecular weight is 330 g/mol.